The Balaban J connectivity index is 2.87. The Bertz CT molecular complexity index is 203. The summed E-state index contributed by atoms with van der Waals surface area (Å²) in [5, 5.41) is 9.20. The summed E-state index contributed by atoms with van der Waals surface area (Å²) in [6, 6.07) is 0. The molecule has 0 bridgehead atoms. The van der Waals surface area contributed by atoms with Crippen molar-refractivity contribution < 1.29 is 5.11 Å². The van der Waals surface area contributed by atoms with Crippen LogP contribution in [0.5, 0.6) is 0 Å². The van der Waals surface area contributed by atoms with E-state index in [-0.39, 0.29) is 5.41 Å². The maximum atomic E-state index is 9.20. The lowest BCUT2D eigenvalue weighted by molar-refractivity contribution is 0.155. The molecule has 0 atom stereocenters. The third-order valence-corrected chi connectivity index (χ3v) is 2.73. The second kappa shape index (κ2) is 3.44. The predicted molar refractivity (Wildman–Crippen MR) is 51.9 cm³/mol. The molecule has 1 rings (SSSR count). The van der Waals surface area contributed by atoms with Gasteiger partial charge in [-0.05, 0) is 43.3 Å². The molecule has 1 aliphatic rings. The van der Waals surface area contributed by atoms with Crippen molar-refractivity contribution in [2.24, 2.45) is 5.41 Å². The fourth-order valence-corrected chi connectivity index (χ4v) is 1.90. The van der Waals surface area contributed by atoms with Crippen molar-refractivity contribution in [3.63, 3.8) is 0 Å². The SMILES string of the molecule is C/C=C1/CC(C)(CO)C/C1=C/C. The number of hydrogen-bond acceptors (Lipinski definition) is 1. The van der Waals surface area contributed by atoms with Crippen LogP contribution in [0.2, 0.25) is 0 Å². The van der Waals surface area contributed by atoms with Crippen LogP contribution in [0.25, 0.3) is 0 Å². The van der Waals surface area contributed by atoms with Gasteiger partial charge in [-0.25, -0.2) is 0 Å². The third kappa shape index (κ3) is 1.61. The summed E-state index contributed by atoms with van der Waals surface area (Å²) in [5.74, 6) is 0. The van der Waals surface area contributed by atoms with Gasteiger partial charge in [0.25, 0.3) is 0 Å². The maximum Gasteiger partial charge on any atom is 0.0491 e. The molecule has 1 heteroatoms. The van der Waals surface area contributed by atoms with E-state index in [0.717, 1.165) is 12.8 Å². The van der Waals surface area contributed by atoms with Gasteiger partial charge in [0.2, 0.25) is 0 Å². The first kappa shape index (κ1) is 9.53. The number of hydrogen-bond donors (Lipinski definition) is 1. The second-order valence-corrected chi connectivity index (χ2v) is 3.95. The van der Waals surface area contributed by atoms with Crippen LogP contribution in [0, 0.1) is 5.41 Å². The zero-order chi connectivity index (χ0) is 9.19. The first-order valence-corrected chi connectivity index (χ1v) is 4.57. The minimum atomic E-state index is 0.101. The molecule has 0 heterocycles. The number of allylic oxidation sites excluding steroid dienone is 4. The van der Waals surface area contributed by atoms with E-state index in [4.69, 9.17) is 0 Å². The topological polar surface area (TPSA) is 20.2 Å². The van der Waals surface area contributed by atoms with Gasteiger partial charge in [0, 0.05) is 6.61 Å². The van der Waals surface area contributed by atoms with Gasteiger partial charge in [0.1, 0.15) is 0 Å². The number of aliphatic hydroxyl groups excluding tert-OH is 1. The molecule has 1 N–H and O–H groups in total. The van der Waals surface area contributed by atoms with Crippen LogP contribution in [-0.4, -0.2) is 11.7 Å². The van der Waals surface area contributed by atoms with Crippen molar-refractivity contribution >= 4 is 0 Å². The Labute approximate surface area is 74.8 Å². The van der Waals surface area contributed by atoms with E-state index < -0.39 is 0 Å². The van der Waals surface area contributed by atoms with Crippen molar-refractivity contribution in [3.8, 4) is 0 Å². The Kier molecular flexibility index (Phi) is 2.73. The van der Waals surface area contributed by atoms with Crippen LogP contribution >= 0.6 is 0 Å². The van der Waals surface area contributed by atoms with Crippen molar-refractivity contribution in [3.05, 3.63) is 23.3 Å². The van der Waals surface area contributed by atoms with Gasteiger partial charge < -0.3 is 5.11 Å². The summed E-state index contributed by atoms with van der Waals surface area (Å²) < 4.78 is 0. The van der Waals surface area contributed by atoms with Gasteiger partial charge in [-0.15, -0.1) is 0 Å². The largest absolute Gasteiger partial charge is 0.396 e. The van der Waals surface area contributed by atoms with Crippen molar-refractivity contribution in [2.45, 2.75) is 33.6 Å². The highest BCUT2D eigenvalue weighted by Gasteiger charge is 2.33. The smallest absolute Gasteiger partial charge is 0.0491 e. The van der Waals surface area contributed by atoms with Crippen molar-refractivity contribution in [1.29, 1.82) is 0 Å². The van der Waals surface area contributed by atoms with E-state index in [0.29, 0.717) is 6.61 Å². The number of aliphatic hydroxyl groups is 1. The first-order valence-electron chi connectivity index (χ1n) is 4.57. The highest BCUT2D eigenvalue weighted by atomic mass is 16.3. The average molecular weight is 166 g/mol. The summed E-state index contributed by atoms with van der Waals surface area (Å²) >= 11 is 0. The second-order valence-electron chi connectivity index (χ2n) is 3.95. The van der Waals surface area contributed by atoms with Crippen molar-refractivity contribution in [1.82, 2.24) is 0 Å². The van der Waals surface area contributed by atoms with E-state index in [2.05, 4.69) is 32.9 Å². The molecule has 68 valence electrons. The Hall–Kier alpha value is -0.560. The van der Waals surface area contributed by atoms with E-state index in [9.17, 15) is 5.11 Å². The minimum absolute atomic E-state index is 0.101. The Morgan fingerprint density at radius 1 is 1.25 bits per heavy atom. The molecule has 0 spiro atoms. The number of rotatable bonds is 1. The van der Waals surface area contributed by atoms with E-state index in [1.807, 2.05) is 0 Å². The molecule has 1 fully saturated rings. The Morgan fingerprint density at radius 2 is 1.67 bits per heavy atom. The van der Waals surface area contributed by atoms with Crippen LogP contribution in [0.1, 0.15) is 33.6 Å². The minimum Gasteiger partial charge on any atom is -0.396 e. The molecular formula is C11H18O. The standard InChI is InChI=1S/C11H18O/c1-4-9-6-11(3,8-12)7-10(9)5-2/h4-5,12H,6-8H2,1-3H3/b9-4-,10-5-. The quantitative estimate of drug-likeness (QED) is 0.635. The van der Waals surface area contributed by atoms with Gasteiger partial charge in [-0.2, -0.15) is 0 Å². The Morgan fingerprint density at radius 3 is 1.92 bits per heavy atom. The molecule has 0 aromatic heterocycles. The van der Waals surface area contributed by atoms with Crippen molar-refractivity contribution in [2.75, 3.05) is 6.61 Å². The summed E-state index contributed by atoms with van der Waals surface area (Å²) in [6.07, 6.45) is 6.38. The molecule has 0 saturated heterocycles. The van der Waals surface area contributed by atoms with Crippen LogP contribution < -0.4 is 0 Å². The first-order chi connectivity index (χ1) is 5.65. The molecule has 12 heavy (non-hydrogen) atoms. The van der Waals surface area contributed by atoms with Gasteiger partial charge in [0.05, 0.1) is 0 Å². The molecule has 1 aliphatic carbocycles. The lowest BCUT2D eigenvalue weighted by Crippen LogP contribution is -2.15. The molecule has 0 amide bonds. The molecule has 0 radical (unpaired) electrons. The molecule has 1 saturated carbocycles. The summed E-state index contributed by atoms with van der Waals surface area (Å²) in [7, 11) is 0. The molecule has 0 aromatic carbocycles. The fraction of sp³-hybridized carbons (Fsp3) is 0.636. The molecule has 0 unspecified atom stereocenters. The van der Waals surface area contributed by atoms with E-state index >= 15 is 0 Å². The lowest BCUT2D eigenvalue weighted by atomic mass is 9.89. The fourth-order valence-electron chi connectivity index (χ4n) is 1.90. The third-order valence-electron chi connectivity index (χ3n) is 2.73. The molecule has 0 aliphatic heterocycles. The van der Waals surface area contributed by atoms with Gasteiger partial charge >= 0.3 is 0 Å². The average Bonchev–Trinajstić information content (AvgIpc) is 2.43. The van der Waals surface area contributed by atoms with Gasteiger partial charge in [-0.1, -0.05) is 19.1 Å². The summed E-state index contributed by atoms with van der Waals surface area (Å²) in [4.78, 5) is 0. The van der Waals surface area contributed by atoms with Crippen LogP contribution in [-0.2, 0) is 0 Å². The lowest BCUT2D eigenvalue weighted by Gasteiger charge is -2.18. The van der Waals surface area contributed by atoms with Crippen LogP contribution in [0.4, 0.5) is 0 Å². The maximum absolute atomic E-state index is 9.20. The van der Waals surface area contributed by atoms with E-state index in [1.165, 1.54) is 11.1 Å². The highest BCUT2D eigenvalue weighted by Crippen LogP contribution is 2.44. The zero-order valence-corrected chi connectivity index (χ0v) is 8.22. The van der Waals surface area contributed by atoms with Gasteiger partial charge in [0.15, 0.2) is 0 Å². The molecule has 0 aromatic rings. The normalized spacial score (nSPS) is 28.7. The molecule has 1 nitrogen and oxygen atoms in total. The monoisotopic (exact) mass is 166 g/mol. The summed E-state index contributed by atoms with van der Waals surface area (Å²) in [6.45, 7) is 6.58. The van der Waals surface area contributed by atoms with Crippen LogP contribution in [0.15, 0.2) is 23.3 Å². The highest BCUT2D eigenvalue weighted by molar-refractivity contribution is 5.37. The van der Waals surface area contributed by atoms with E-state index in [1.54, 1.807) is 0 Å². The van der Waals surface area contributed by atoms with Gasteiger partial charge in [-0.3, -0.25) is 0 Å². The van der Waals surface area contributed by atoms with Crippen LogP contribution in [0.3, 0.4) is 0 Å². The molecular weight excluding hydrogens is 148 g/mol. The zero-order valence-electron chi connectivity index (χ0n) is 8.22. The predicted octanol–water partition coefficient (Wildman–Crippen LogP) is 2.67. The summed E-state index contributed by atoms with van der Waals surface area (Å²) in [5.41, 5.74) is 2.92.